The van der Waals surface area contributed by atoms with E-state index in [2.05, 4.69) is 4.74 Å². The molecule has 0 N–H and O–H groups in total. The van der Waals surface area contributed by atoms with E-state index < -0.39 is 11.8 Å². The predicted octanol–water partition coefficient (Wildman–Crippen LogP) is 2.78. The lowest BCUT2D eigenvalue weighted by molar-refractivity contribution is -0.107. The number of esters is 1. The number of nitrogens with zero attached hydrogens (tertiary/aromatic N) is 1. The van der Waals surface area contributed by atoms with Crippen LogP contribution in [0.1, 0.15) is 15.9 Å². The van der Waals surface area contributed by atoms with Crippen LogP contribution in [0.3, 0.4) is 0 Å². The lowest BCUT2D eigenvalue weighted by Gasteiger charge is -2.18. The van der Waals surface area contributed by atoms with E-state index in [1.807, 2.05) is 0 Å². The van der Waals surface area contributed by atoms with E-state index in [0.29, 0.717) is 12.0 Å². The number of rotatable bonds is 5. The number of amides is 1. The van der Waals surface area contributed by atoms with E-state index >= 15 is 0 Å². The summed E-state index contributed by atoms with van der Waals surface area (Å²) in [6.45, 7) is 0.214. The number of halogens is 1. The smallest absolute Gasteiger partial charge is 0.337 e. The Hall–Kier alpha value is -2.69. The Bertz CT molecular complexity index is 640. The first-order chi connectivity index (χ1) is 10.2. The molecule has 21 heavy (non-hydrogen) atoms. The summed E-state index contributed by atoms with van der Waals surface area (Å²) >= 11 is 0. The number of carbonyl (C=O) groups is 2. The van der Waals surface area contributed by atoms with Crippen LogP contribution in [0, 0.1) is 5.82 Å². The summed E-state index contributed by atoms with van der Waals surface area (Å²) in [5, 5.41) is 0. The summed E-state index contributed by atoms with van der Waals surface area (Å²) in [6, 6.07) is 12.7. The van der Waals surface area contributed by atoms with Gasteiger partial charge in [-0.25, -0.2) is 9.18 Å². The second-order valence-electron chi connectivity index (χ2n) is 4.37. The van der Waals surface area contributed by atoms with Gasteiger partial charge in [-0.15, -0.1) is 0 Å². The molecule has 0 heterocycles. The molecule has 0 saturated carbocycles. The quantitative estimate of drug-likeness (QED) is 0.627. The summed E-state index contributed by atoms with van der Waals surface area (Å²) in [6.07, 6.45) is 0.576. The van der Waals surface area contributed by atoms with Gasteiger partial charge in [0.15, 0.2) is 0 Å². The van der Waals surface area contributed by atoms with E-state index in [-0.39, 0.29) is 12.2 Å². The minimum absolute atomic E-state index is 0.213. The van der Waals surface area contributed by atoms with Crippen molar-refractivity contribution in [3.8, 4) is 0 Å². The molecule has 2 rings (SSSR count). The normalized spacial score (nSPS) is 10.0. The lowest BCUT2D eigenvalue weighted by atomic mass is 10.1. The molecular weight excluding hydrogens is 273 g/mol. The highest BCUT2D eigenvalue weighted by Gasteiger charge is 2.11. The molecule has 1 amide bonds. The third kappa shape index (κ3) is 3.45. The summed E-state index contributed by atoms with van der Waals surface area (Å²) in [4.78, 5) is 23.8. The maximum atomic E-state index is 13.7. The highest BCUT2D eigenvalue weighted by atomic mass is 19.1. The predicted molar refractivity (Wildman–Crippen MR) is 76.4 cm³/mol. The third-order valence-corrected chi connectivity index (χ3v) is 3.02. The fourth-order valence-electron chi connectivity index (χ4n) is 1.92. The largest absolute Gasteiger partial charge is 0.465 e. The molecule has 0 aliphatic heterocycles. The number of para-hydroxylation sites is 1. The van der Waals surface area contributed by atoms with Crippen LogP contribution in [-0.4, -0.2) is 19.5 Å². The molecule has 108 valence electrons. The zero-order valence-electron chi connectivity index (χ0n) is 11.5. The van der Waals surface area contributed by atoms with Crippen molar-refractivity contribution in [2.24, 2.45) is 0 Å². The SMILES string of the molecule is COC(=O)c1ccc(CN(C=O)c2ccccc2F)cc1. The van der Waals surface area contributed by atoms with Gasteiger partial charge in [0.1, 0.15) is 5.82 Å². The Morgan fingerprint density at radius 2 is 1.86 bits per heavy atom. The van der Waals surface area contributed by atoms with Crippen molar-refractivity contribution >= 4 is 18.1 Å². The Labute approximate surface area is 121 Å². The molecule has 0 bridgehead atoms. The molecule has 0 radical (unpaired) electrons. The Kier molecular flexibility index (Phi) is 4.66. The number of hydrogen-bond donors (Lipinski definition) is 0. The van der Waals surface area contributed by atoms with Gasteiger partial charge in [0, 0.05) is 0 Å². The Balaban J connectivity index is 2.18. The first-order valence-electron chi connectivity index (χ1n) is 6.29. The van der Waals surface area contributed by atoms with Crippen molar-refractivity contribution in [1.82, 2.24) is 0 Å². The summed E-state index contributed by atoms with van der Waals surface area (Å²) in [5.74, 6) is -0.890. The van der Waals surface area contributed by atoms with Crippen molar-refractivity contribution in [3.05, 3.63) is 65.5 Å². The molecule has 0 aromatic heterocycles. The van der Waals surface area contributed by atoms with Gasteiger partial charge in [-0.2, -0.15) is 0 Å². The molecule has 0 aliphatic carbocycles. The van der Waals surface area contributed by atoms with Crippen molar-refractivity contribution in [2.75, 3.05) is 12.0 Å². The van der Waals surface area contributed by atoms with Crippen LogP contribution in [0.25, 0.3) is 0 Å². The van der Waals surface area contributed by atoms with Crippen molar-refractivity contribution in [1.29, 1.82) is 0 Å². The van der Waals surface area contributed by atoms with E-state index in [0.717, 1.165) is 5.56 Å². The fraction of sp³-hybridized carbons (Fsp3) is 0.125. The van der Waals surface area contributed by atoms with Gasteiger partial charge in [0.2, 0.25) is 6.41 Å². The number of anilines is 1. The van der Waals surface area contributed by atoms with Gasteiger partial charge in [-0.1, -0.05) is 24.3 Å². The van der Waals surface area contributed by atoms with Crippen LogP contribution in [-0.2, 0) is 16.1 Å². The molecule has 2 aromatic carbocycles. The summed E-state index contributed by atoms with van der Waals surface area (Å²) in [5.41, 5.74) is 1.41. The van der Waals surface area contributed by atoms with E-state index in [4.69, 9.17) is 0 Å². The Morgan fingerprint density at radius 1 is 1.19 bits per heavy atom. The third-order valence-electron chi connectivity index (χ3n) is 3.02. The second kappa shape index (κ2) is 6.65. The zero-order valence-corrected chi connectivity index (χ0v) is 11.5. The zero-order chi connectivity index (χ0) is 15.2. The van der Waals surface area contributed by atoms with Gasteiger partial charge in [0.05, 0.1) is 24.9 Å². The average molecular weight is 287 g/mol. The molecule has 0 aliphatic rings. The van der Waals surface area contributed by atoms with Crippen LogP contribution in [0.2, 0.25) is 0 Å². The fourth-order valence-corrected chi connectivity index (χ4v) is 1.92. The average Bonchev–Trinajstić information content (AvgIpc) is 2.53. The highest BCUT2D eigenvalue weighted by Crippen LogP contribution is 2.19. The second-order valence-corrected chi connectivity index (χ2v) is 4.37. The maximum absolute atomic E-state index is 13.7. The molecule has 4 nitrogen and oxygen atoms in total. The van der Waals surface area contributed by atoms with Crippen molar-refractivity contribution in [2.45, 2.75) is 6.54 Å². The summed E-state index contributed by atoms with van der Waals surface area (Å²) < 4.78 is 18.3. The van der Waals surface area contributed by atoms with Gasteiger partial charge >= 0.3 is 5.97 Å². The van der Waals surface area contributed by atoms with Crippen LogP contribution in [0.15, 0.2) is 48.5 Å². The monoisotopic (exact) mass is 287 g/mol. The minimum atomic E-state index is -0.462. The molecule has 5 heteroatoms. The van der Waals surface area contributed by atoms with Crippen LogP contribution < -0.4 is 4.90 Å². The van der Waals surface area contributed by atoms with E-state index in [9.17, 15) is 14.0 Å². The number of methoxy groups -OCH3 is 1. The topological polar surface area (TPSA) is 46.6 Å². The molecule has 0 fully saturated rings. The van der Waals surface area contributed by atoms with Crippen molar-refractivity contribution < 1.29 is 18.7 Å². The van der Waals surface area contributed by atoms with Gasteiger partial charge in [0.25, 0.3) is 0 Å². The molecule has 0 spiro atoms. The minimum Gasteiger partial charge on any atom is -0.465 e. The van der Waals surface area contributed by atoms with Gasteiger partial charge in [-0.3, -0.25) is 4.79 Å². The molecule has 0 saturated heterocycles. The number of benzene rings is 2. The van der Waals surface area contributed by atoms with E-state index in [1.165, 1.54) is 24.1 Å². The Morgan fingerprint density at radius 3 is 2.43 bits per heavy atom. The molecular formula is C16H14FNO3. The highest BCUT2D eigenvalue weighted by molar-refractivity contribution is 5.89. The lowest BCUT2D eigenvalue weighted by Crippen LogP contribution is -2.21. The van der Waals surface area contributed by atoms with E-state index in [1.54, 1.807) is 36.4 Å². The summed E-state index contributed by atoms with van der Waals surface area (Å²) in [7, 11) is 1.31. The molecule has 0 unspecified atom stereocenters. The van der Waals surface area contributed by atoms with Gasteiger partial charge < -0.3 is 9.64 Å². The first-order valence-corrected chi connectivity index (χ1v) is 6.29. The number of carbonyl (C=O) groups excluding carboxylic acids is 2. The standard InChI is InChI=1S/C16H14FNO3/c1-21-16(20)13-8-6-12(7-9-13)10-18(11-19)15-5-3-2-4-14(15)17/h2-9,11H,10H2,1H3. The number of ether oxygens (including phenoxy) is 1. The number of hydrogen-bond acceptors (Lipinski definition) is 3. The van der Waals surface area contributed by atoms with Crippen molar-refractivity contribution in [3.63, 3.8) is 0 Å². The van der Waals surface area contributed by atoms with Gasteiger partial charge in [-0.05, 0) is 29.8 Å². The maximum Gasteiger partial charge on any atom is 0.337 e. The van der Waals surface area contributed by atoms with Crippen LogP contribution >= 0.6 is 0 Å². The van der Waals surface area contributed by atoms with Crippen LogP contribution in [0.5, 0.6) is 0 Å². The van der Waals surface area contributed by atoms with Crippen LogP contribution in [0.4, 0.5) is 10.1 Å². The first kappa shape index (κ1) is 14.7. The molecule has 0 atom stereocenters. The molecule has 2 aromatic rings.